The molecule has 2 fully saturated rings. The third-order valence-corrected chi connectivity index (χ3v) is 4.74. The lowest BCUT2D eigenvalue weighted by Crippen LogP contribution is -3.15. The summed E-state index contributed by atoms with van der Waals surface area (Å²) in [5, 5.41) is 3.07. The lowest BCUT2D eigenvalue weighted by Gasteiger charge is -2.28. The third-order valence-electron chi connectivity index (χ3n) is 4.74. The van der Waals surface area contributed by atoms with Crippen molar-refractivity contribution >= 4 is 11.8 Å². The maximum atomic E-state index is 12.0. The van der Waals surface area contributed by atoms with Crippen LogP contribution >= 0.6 is 0 Å². The lowest BCUT2D eigenvalue weighted by molar-refractivity contribution is -0.899. The van der Waals surface area contributed by atoms with E-state index in [9.17, 15) is 9.59 Å². The minimum Gasteiger partial charge on any atom is -0.369 e. The van der Waals surface area contributed by atoms with Crippen LogP contribution in [0.15, 0.2) is 0 Å². The van der Waals surface area contributed by atoms with E-state index in [1.165, 1.54) is 37.0 Å². The van der Waals surface area contributed by atoms with E-state index < -0.39 is 0 Å². The van der Waals surface area contributed by atoms with Gasteiger partial charge in [0.05, 0.1) is 19.0 Å². The second-order valence-electron chi connectivity index (χ2n) is 6.43. The maximum Gasteiger partial charge on any atom is 0.275 e. The molecule has 5 nitrogen and oxygen atoms in total. The fourth-order valence-electron chi connectivity index (χ4n) is 3.49. The quantitative estimate of drug-likeness (QED) is 0.633. The highest BCUT2D eigenvalue weighted by atomic mass is 16.2. The first-order valence-corrected chi connectivity index (χ1v) is 8.04. The molecule has 1 unspecified atom stereocenters. The van der Waals surface area contributed by atoms with Crippen LogP contribution in [0.4, 0.5) is 0 Å². The Balaban J connectivity index is 1.66. The summed E-state index contributed by atoms with van der Waals surface area (Å²) in [4.78, 5) is 24.4. The molecule has 1 aliphatic carbocycles. The molecular weight excluding hydrogens is 254 g/mol. The lowest BCUT2D eigenvalue weighted by atomic mass is 9.89. The number of amides is 2. The number of likely N-dealkylation sites (tertiary alicyclic amines) is 1. The number of primary amides is 1. The number of carbonyl (C=O) groups is 2. The first-order chi connectivity index (χ1) is 9.65. The van der Waals surface area contributed by atoms with Crippen LogP contribution in [0.1, 0.15) is 44.9 Å². The molecule has 2 aliphatic rings. The van der Waals surface area contributed by atoms with Crippen LogP contribution in [0.3, 0.4) is 0 Å². The summed E-state index contributed by atoms with van der Waals surface area (Å²) in [7, 11) is 0. The number of quaternary nitrogens is 1. The van der Waals surface area contributed by atoms with Gasteiger partial charge in [0.1, 0.15) is 0 Å². The molecule has 0 spiro atoms. The zero-order valence-electron chi connectivity index (χ0n) is 12.3. The molecule has 0 bridgehead atoms. The average molecular weight is 282 g/mol. The molecule has 2 amide bonds. The van der Waals surface area contributed by atoms with E-state index in [-0.39, 0.29) is 17.7 Å². The van der Waals surface area contributed by atoms with E-state index in [0.717, 1.165) is 25.9 Å². The number of carbonyl (C=O) groups excluding carboxylic acids is 2. The van der Waals surface area contributed by atoms with Crippen LogP contribution < -0.4 is 16.0 Å². The highest BCUT2D eigenvalue weighted by Crippen LogP contribution is 2.22. The van der Waals surface area contributed by atoms with Gasteiger partial charge in [0.15, 0.2) is 6.54 Å². The molecule has 0 aromatic carbocycles. The summed E-state index contributed by atoms with van der Waals surface area (Å²) >= 11 is 0. The van der Waals surface area contributed by atoms with E-state index in [2.05, 4.69) is 5.32 Å². The molecule has 0 aromatic rings. The number of rotatable bonds is 5. The smallest absolute Gasteiger partial charge is 0.275 e. The first kappa shape index (κ1) is 15.3. The molecule has 4 N–H and O–H groups in total. The number of hydrogen-bond acceptors (Lipinski definition) is 2. The molecule has 20 heavy (non-hydrogen) atoms. The number of hydrogen-bond donors (Lipinski definition) is 3. The Morgan fingerprint density at radius 3 is 2.55 bits per heavy atom. The first-order valence-electron chi connectivity index (χ1n) is 8.04. The standard InChI is InChI=1S/C15H27N3O2/c16-15(20)13-7-4-8-18(10-13)11-14(19)17-9-12-5-2-1-3-6-12/h12-13H,1-11H2,(H2,16,20)(H,17,19)/p+1/t13-/m1/s1. The van der Waals surface area contributed by atoms with Gasteiger partial charge in [-0.05, 0) is 31.6 Å². The van der Waals surface area contributed by atoms with E-state index >= 15 is 0 Å². The van der Waals surface area contributed by atoms with Crippen LogP contribution in [0.25, 0.3) is 0 Å². The topological polar surface area (TPSA) is 76.6 Å². The Hall–Kier alpha value is -1.10. The Labute approximate surface area is 121 Å². The molecule has 1 heterocycles. The summed E-state index contributed by atoms with van der Waals surface area (Å²) in [5.74, 6) is 0.521. The van der Waals surface area contributed by atoms with E-state index in [0.29, 0.717) is 19.0 Å². The molecule has 2 rings (SSSR count). The van der Waals surface area contributed by atoms with Gasteiger partial charge in [-0.2, -0.15) is 0 Å². The predicted octanol–water partition coefficient (Wildman–Crippen LogP) is -0.537. The Morgan fingerprint density at radius 2 is 1.85 bits per heavy atom. The second kappa shape index (κ2) is 7.62. The van der Waals surface area contributed by atoms with Gasteiger partial charge in [0, 0.05) is 6.54 Å². The van der Waals surface area contributed by atoms with Gasteiger partial charge in [-0.3, -0.25) is 9.59 Å². The Kier molecular flexibility index (Phi) is 5.83. The number of piperidine rings is 1. The van der Waals surface area contributed by atoms with E-state index in [1.807, 2.05) is 0 Å². The SMILES string of the molecule is NC(=O)[C@@H]1CCC[NH+](CC(=O)NCC2CCCCC2)C1. The molecule has 1 saturated carbocycles. The summed E-state index contributed by atoms with van der Waals surface area (Å²) in [5.41, 5.74) is 5.36. The van der Waals surface area contributed by atoms with E-state index in [1.54, 1.807) is 0 Å². The molecule has 0 radical (unpaired) electrons. The van der Waals surface area contributed by atoms with Gasteiger partial charge < -0.3 is 16.0 Å². The van der Waals surface area contributed by atoms with Gasteiger partial charge >= 0.3 is 0 Å². The van der Waals surface area contributed by atoms with Crippen molar-refractivity contribution in [1.29, 1.82) is 0 Å². The molecule has 1 saturated heterocycles. The number of nitrogens with two attached hydrogens (primary N) is 1. The van der Waals surface area contributed by atoms with Gasteiger partial charge in [-0.25, -0.2) is 0 Å². The zero-order valence-corrected chi connectivity index (χ0v) is 12.3. The largest absolute Gasteiger partial charge is 0.369 e. The summed E-state index contributed by atoms with van der Waals surface area (Å²) in [6.07, 6.45) is 8.32. The second-order valence-corrected chi connectivity index (χ2v) is 6.43. The molecule has 0 aromatic heterocycles. The highest BCUT2D eigenvalue weighted by Gasteiger charge is 2.28. The molecule has 5 heteroatoms. The van der Waals surface area contributed by atoms with Crippen molar-refractivity contribution in [3.05, 3.63) is 0 Å². The van der Waals surface area contributed by atoms with Gasteiger partial charge in [0.25, 0.3) is 5.91 Å². The summed E-state index contributed by atoms with van der Waals surface area (Å²) in [6, 6.07) is 0. The summed E-state index contributed by atoms with van der Waals surface area (Å²) < 4.78 is 0. The van der Waals surface area contributed by atoms with Crippen LogP contribution in [0.5, 0.6) is 0 Å². The Morgan fingerprint density at radius 1 is 1.10 bits per heavy atom. The van der Waals surface area contributed by atoms with Gasteiger partial charge in [-0.1, -0.05) is 19.3 Å². The highest BCUT2D eigenvalue weighted by molar-refractivity contribution is 5.77. The zero-order chi connectivity index (χ0) is 14.4. The number of nitrogens with one attached hydrogen (secondary N) is 2. The maximum absolute atomic E-state index is 12.0. The monoisotopic (exact) mass is 282 g/mol. The third kappa shape index (κ3) is 4.78. The van der Waals surface area contributed by atoms with E-state index in [4.69, 9.17) is 5.73 Å². The van der Waals surface area contributed by atoms with Crippen molar-refractivity contribution < 1.29 is 14.5 Å². The molecule has 114 valence electrons. The predicted molar refractivity (Wildman–Crippen MR) is 77.1 cm³/mol. The van der Waals surface area contributed by atoms with Crippen LogP contribution in [-0.2, 0) is 9.59 Å². The molecule has 1 aliphatic heterocycles. The van der Waals surface area contributed by atoms with Crippen LogP contribution in [0.2, 0.25) is 0 Å². The summed E-state index contributed by atoms with van der Waals surface area (Å²) in [6.45, 7) is 2.99. The van der Waals surface area contributed by atoms with Gasteiger partial charge in [0.2, 0.25) is 5.91 Å². The minimum absolute atomic E-state index is 0.0510. The van der Waals surface area contributed by atoms with Crippen molar-refractivity contribution in [2.75, 3.05) is 26.2 Å². The molecular formula is C15H28N3O2+. The Bertz CT molecular complexity index is 340. The average Bonchev–Trinajstić information content (AvgIpc) is 2.46. The van der Waals surface area contributed by atoms with Crippen LogP contribution in [-0.4, -0.2) is 38.0 Å². The molecule has 2 atom stereocenters. The fraction of sp³-hybridized carbons (Fsp3) is 0.867. The van der Waals surface area contributed by atoms with Crippen molar-refractivity contribution in [1.82, 2.24) is 5.32 Å². The van der Waals surface area contributed by atoms with Crippen molar-refractivity contribution in [2.45, 2.75) is 44.9 Å². The van der Waals surface area contributed by atoms with Crippen molar-refractivity contribution in [2.24, 2.45) is 17.6 Å². The van der Waals surface area contributed by atoms with Crippen molar-refractivity contribution in [3.63, 3.8) is 0 Å². The van der Waals surface area contributed by atoms with Crippen LogP contribution in [0, 0.1) is 11.8 Å². The normalized spacial score (nSPS) is 28.0. The fourth-order valence-corrected chi connectivity index (χ4v) is 3.49. The minimum atomic E-state index is -0.218. The van der Waals surface area contributed by atoms with Gasteiger partial charge in [-0.15, -0.1) is 0 Å². The van der Waals surface area contributed by atoms with Crippen molar-refractivity contribution in [3.8, 4) is 0 Å².